The van der Waals surface area contributed by atoms with Crippen LogP contribution in [0.15, 0.2) is 24.7 Å². The molecular weight excluding hydrogens is 441 g/mol. The molecule has 0 aliphatic rings. The van der Waals surface area contributed by atoms with E-state index in [4.69, 9.17) is 9.79 Å². The zero-order chi connectivity index (χ0) is 24.2. The Balaban J connectivity index is 2.06. The van der Waals surface area contributed by atoms with Gasteiger partial charge in [-0.1, -0.05) is 70.4 Å². The Morgan fingerprint density at radius 1 is 1.06 bits per heavy atom. The second-order valence-corrected chi connectivity index (χ2v) is 9.89. The number of phosphoric ester groups is 1. The SMILES string of the molecule is CCCCCCCC/C=C\CCCCCCCC(=O)N[C@H](COP(=O)(O)O)Cc1c[nH]cn1. The lowest BCUT2D eigenvalue weighted by atomic mass is 10.1. The quantitative estimate of drug-likeness (QED) is 0.102. The molecule has 0 aliphatic heterocycles. The molecule has 0 fully saturated rings. The number of allylic oxidation sites excluding steroid dienone is 2. The van der Waals surface area contributed by atoms with Gasteiger partial charge in [0.15, 0.2) is 0 Å². The summed E-state index contributed by atoms with van der Waals surface area (Å²) >= 11 is 0. The second kappa shape index (κ2) is 18.9. The van der Waals surface area contributed by atoms with Crippen molar-refractivity contribution in [3.63, 3.8) is 0 Å². The van der Waals surface area contributed by atoms with Crippen LogP contribution in [0.1, 0.15) is 103 Å². The van der Waals surface area contributed by atoms with Crippen LogP contribution in [0.25, 0.3) is 0 Å². The lowest BCUT2D eigenvalue weighted by molar-refractivity contribution is -0.122. The molecule has 190 valence electrons. The van der Waals surface area contributed by atoms with Crippen LogP contribution in [0.4, 0.5) is 0 Å². The molecule has 1 atom stereocenters. The highest BCUT2D eigenvalue weighted by atomic mass is 31.2. The summed E-state index contributed by atoms with van der Waals surface area (Å²) in [5.74, 6) is -0.137. The number of carbonyl (C=O) groups excluding carboxylic acids is 1. The first kappa shape index (κ1) is 29.6. The Hall–Kier alpha value is -1.47. The molecule has 33 heavy (non-hydrogen) atoms. The van der Waals surface area contributed by atoms with E-state index in [0.29, 0.717) is 18.5 Å². The molecule has 1 aromatic rings. The Labute approximate surface area is 199 Å². The van der Waals surface area contributed by atoms with Crippen LogP contribution >= 0.6 is 7.82 Å². The second-order valence-electron chi connectivity index (χ2n) is 8.65. The molecule has 0 aliphatic carbocycles. The summed E-state index contributed by atoms with van der Waals surface area (Å²) in [4.78, 5) is 37.0. The number of hydrogen-bond acceptors (Lipinski definition) is 4. The third kappa shape index (κ3) is 18.6. The van der Waals surface area contributed by atoms with E-state index < -0.39 is 13.9 Å². The average molecular weight is 486 g/mol. The number of hydrogen-bond donors (Lipinski definition) is 4. The number of carbonyl (C=O) groups is 1. The van der Waals surface area contributed by atoms with Crippen LogP contribution in [0.3, 0.4) is 0 Å². The fourth-order valence-electron chi connectivity index (χ4n) is 3.65. The lowest BCUT2D eigenvalue weighted by Crippen LogP contribution is -2.39. The van der Waals surface area contributed by atoms with E-state index in [1.165, 1.54) is 64.1 Å². The van der Waals surface area contributed by atoms with Gasteiger partial charge in [-0.3, -0.25) is 9.32 Å². The summed E-state index contributed by atoms with van der Waals surface area (Å²) < 4.78 is 15.6. The topological polar surface area (TPSA) is 125 Å². The first-order valence-electron chi connectivity index (χ1n) is 12.5. The van der Waals surface area contributed by atoms with Crippen molar-refractivity contribution < 1.29 is 23.7 Å². The van der Waals surface area contributed by atoms with Gasteiger partial charge in [0.25, 0.3) is 0 Å². The van der Waals surface area contributed by atoms with Crippen molar-refractivity contribution in [3.8, 4) is 0 Å². The molecule has 1 amide bonds. The number of imidazole rings is 1. The molecule has 1 aromatic heterocycles. The van der Waals surface area contributed by atoms with Gasteiger partial charge in [0.05, 0.1) is 24.7 Å². The zero-order valence-electron chi connectivity index (χ0n) is 20.2. The van der Waals surface area contributed by atoms with E-state index in [1.54, 1.807) is 6.20 Å². The largest absolute Gasteiger partial charge is 0.469 e. The smallest absolute Gasteiger partial charge is 0.351 e. The van der Waals surface area contributed by atoms with Crippen molar-refractivity contribution in [1.82, 2.24) is 15.3 Å². The minimum Gasteiger partial charge on any atom is -0.351 e. The van der Waals surface area contributed by atoms with Crippen molar-refractivity contribution >= 4 is 13.7 Å². The standard InChI is InChI=1S/C24H44N3O5P/c1-2-3-4-5-6-7-8-9-10-11-12-13-14-15-16-17-24(28)27-23(20-32-33(29,30)31)18-22-19-25-21-26-22/h9-10,19,21,23H,2-8,11-18,20H2,1H3,(H,25,26)(H,27,28)(H2,29,30,31)/b10-9-/t23-/m0/s1. The monoisotopic (exact) mass is 485 g/mol. The first-order chi connectivity index (χ1) is 15.9. The van der Waals surface area contributed by atoms with E-state index in [1.807, 2.05) is 0 Å². The number of H-pyrrole nitrogens is 1. The Morgan fingerprint density at radius 3 is 2.24 bits per heavy atom. The molecule has 0 spiro atoms. The fraction of sp³-hybridized carbons (Fsp3) is 0.750. The zero-order valence-corrected chi connectivity index (χ0v) is 21.1. The molecule has 0 saturated carbocycles. The normalized spacial score (nSPS) is 12.9. The number of aromatic nitrogens is 2. The van der Waals surface area contributed by atoms with E-state index in [2.05, 4.69) is 38.9 Å². The fourth-order valence-corrected chi connectivity index (χ4v) is 4.02. The molecule has 0 aromatic carbocycles. The molecule has 0 saturated heterocycles. The first-order valence-corrected chi connectivity index (χ1v) is 14.1. The van der Waals surface area contributed by atoms with Crippen LogP contribution < -0.4 is 5.32 Å². The van der Waals surface area contributed by atoms with E-state index in [-0.39, 0.29) is 12.5 Å². The Bertz CT molecular complexity index is 676. The summed E-state index contributed by atoms with van der Waals surface area (Å²) in [7, 11) is -4.59. The maximum absolute atomic E-state index is 12.2. The third-order valence-corrected chi connectivity index (χ3v) is 5.97. The Morgan fingerprint density at radius 2 is 1.67 bits per heavy atom. The molecule has 9 heteroatoms. The molecule has 8 nitrogen and oxygen atoms in total. The number of unbranched alkanes of at least 4 members (excludes halogenated alkanes) is 11. The molecule has 0 unspecified atom stereocenters. The predicted octanol–water partition coefficient (Wildman–Crippen LogP) is 5.58. The van der Waals surface area contributed by atoms with Crippen LogP contribution in [0, 0.1) is 0 Å². The number of phosphoric acid groups is 1. The maximum atomic E-state index is 12.2. The number of nitrogens with zero attached hydrogens (tertiary/aromatic N) is 1. The number of aromatic amines is 1. The van der Waals surface area contributed by atoms with Gasteiger partial charge in [-0.15, -0.1) is 0 Å². The summed E-state index contributed by atoms with van der Waals surface area (Å²) in [6.07, 6.45) is 24.2. The molecule has 0 bridgehead atoms. The van der Waals surface area contributed by atoms with Gasteiger partial charge in [-0.05, 0) is 32.1 Å². The van der Waals surface area contributed by atoms with E-state index in [9.17, 15) is 9.36 Å². The molecule has 0 radical (unpaired) electrons. The van der Waals surface area contributed by atoms with Gasteiger partial charge in [-0.2, -0.15) is 0 Å². The molecule has 1 heterocycles. The highest BCUT2D eigenvalue weighted by Crippen LogP contribution is 2.35. The predicted molar refractivity (Wildman–Crippen MR) is 132 cm³/mol. The van der Waals surface area contributed by atoms with Crippen molar-refractivity contribution in [3.05, 3.63) is 30.4 Å². The minimum atomic E-state index is -4.59. The Kier molecular flexibility index (Phi) is 16.9. The molecule has 4 N–H and O–H groups in total. The van der Waals surface area contributed by atoms with Crippen LogP contribution in [-0.4, -0.2) is 38.3 Å². The average Bonchev–Trinajstić information content (AvgIpc) is 3.27. The van der Waals surface area contributed by atoms with Gasteiger partial charge in [0, 0.05) is 19.0 Å². The van der Waals surface area contributed by atoms with Crippen LogP contribution in [0.5, 0.6) is 0 Å². The van der Waals surface area contributed by atoms with E-state index in [0.717, 1.165) is 25.7 Å². The lowest BCUT2D eigenvalue weighted by Gasteiger charge is -2.18. The van der Waals surface area contributed by atoms with Crippen molar-refractivity contribution in [2.45, 2.75) is 109 Å². The van der Waals surface area contributed by atoms with Crippen molar-refractivity contribution in [1.29, 1.82) is 0 Å². The van der Waals surface area contributed by atoms with Gasteiger partial charge >= 0.3 is 7.82 Å². The maximum Gasteiger partial charge on any atom is 0.469 e. The highest BCUT2D eigenvalue weighted by Gasteiger charge is 2.20. The third-order valence-electron chi connectivity index (χ3n) is 5.49. The summed E-state index contributed by atoms with van der Waals surface area (Å²) in [6.45, 7) is 1.98. The van der Waals surface area contributed by atoms with Crippen molar-refractivity contribution in [2.75, 3.05) is 6.61 Å². The minimum absolute atomic E-state index is 0.137. The van der Waals surface area contributed by atoms with Gasteiger partial charge in [-0.25, -0.2) is 9.55 Å². The number of amides is 1. The van der Waals surface area contributed by atoms with Crippen LogP contribution in [0.2, 0.25) is 0 Å². The van der Waals surface area contributed by atoms with E-state index >= 15 is 0 Å². The summed E-state index contributed by atoms with van der Waals surface area (Å²) in [6, 6.07) is -0.545. The van der Waals surface area contributed by atoms with Gasteiger partial charge in [0.1, 0.15) is 0 Å². The number of nitrogens with one attached hydrogen (secondary N) is 2. The van der Waals surface area contributed by atoms with Gasteiger partial charge < -0.3 is 20.1 Å². The molecule has 1 rings (SSSR count). The summed E-state index contributed by atoms with van der Waals surface area (Å²) in [5.41, 5.74) is 0.690. The molecular formula is C24H44N3O5P. The summed E-state index contributed by atoms with van der Waals surface area (Å²) in [5, 5.41) is 2.81. The van der Waals surface area contributed by atoms with Gasteiger partial charge in [0.2, 0.25) is 5.91 Å². The highest BCUT2D eigenvalue weighted by molar-refractivity contribution is 7.46. The number of rotatable bonds is 21. The van der Waals surface area contributed by atoms with Crippen molar-refractivity contribution in [2.24, 2.45) is 0 Å². The van der Waals surface area contributed by atoms with Crippen LogP contribution in [-0.2, 0) is 20.3 Å².